The van der Waals surface area contributed by atoms with Crippen LogP contribution in [0.15, 0.2) is 12.3 Å². The van der Waals surface area contributed by atoms with E-state index in [1.807, 2.05) is 19.3 Å². The van der Waals surface area contributed by atoms with Crippen LogP contribution in [0.5, 0.6) is 0 Å². The van der Waals surface area contributed by atoms with Crippen LogP contribution in [0.4, 0.5) is 0 Å². The fourth-order valence-electron chi connectivity index (χ4n) is 0.366. The van der Waals surface area contributed by atoms with E-state index in [0.29, 0.717) is 0 Å². The van der Waals surface area contributed by atoms with Crippen molar-refractivity contribution in [1.29, 1.82) is 0 Å². The van der Waals surface area contributed by atoms with Crippen molar-refractivity contribution >= 4 is 6.21 Å². The minimum atomic E-state index is 1.02. The van der Waals surface area contributed by atoms with E-state index in [2.05, 4.69) is 11.5 Å². The monoisotopic (exact) mass is 128 g/mol. The molecule has 0 saturated heterocycles. The fraction of sp³-hybridized carbons (Fsp3) is 0.571. The molecule has 0 radical (unpaired) electrons. The van der Waals surface area contributed by atoms with Crippen molar-refractivity contribution in [3.63, 3.8) is 0 Å². The fourth-order valence-corrected chi connectivity index (χ4v) is 0.366. The van der Waals surface area contributed by atoms with E-state index in [0.717, 1.165) is 6.54 Å². The predicted octanol–water partition coefficient (Wildman–Crippen LogP) is 0.879. The molecule has 52 valence electrons. The molecule has 0 bridgehead atoms. The van der Waals surface area contributed by atoms with Gasteiger partial charge < -0.3 is 4.74 Å². The molecular weight excluding hydrogens is 114 g/mol. The van der Waals surface area contributed by atoms with Gasteiger partial charge in [-0.25, -0.2) is 4.58 Å². The Morgan fingerprint density at radius 2 is 2.22 bits per heavy atom. The highest BCUT2D eigenvalue weighted by atomic mass is 16.5. The maximum absolute atomic E-state index is 4.70. The molecule has 0 aromatic heterocycles. The van der Waals surface area contributed by atoms with Crippen LogP contribution in [-0.4, -0.2) is 31.5 Å². The quantitative estimate of drug-likeness (QED) is 0.312. The summed E-state index contributed by atoms with van der Waals surface area (Å²) in [6.07, 6.45) is 5.47. The molecule has 0 rings (SSSR count). The first kappa shape index (κ1) is 8.21. The number of methoxy groups -OCH3 is 1. The zero-order valence-corrected chi connectivity index (χ0v) is 6.29. The second-order valence-electron chi connectivity index (χ2n) is 1.79. The zero-order valence-electron chi connectivity index (χ0n) is 6.29. The average Bonchev–Trinajstić information content (AvgIpc) is 1.89. The minimum Gasteiger partial charge on any atom is -0.504 e. The van der Waals surface area contributed by atoms with Gasteiger partial charge >= 0.3 is 0 Å². The van der Waals surface area contributed by atoms with Gasteiger partial charge in [0.1, 0.15) is 13.6 Å². The van der Waals surface area contributed by atoms with Gasteiger partial charge in [-0.15, -0.1) is 0 Å². The van der Waals surface area contributed by atoms with E-state index in [4.69, 9.17) is 4.74 Å². The Kier molecular flexibility index (Phi) is 4.88. The van der Waals surface area contributed by atoms with Gasteiger partial charge in [-0.2, -0.15) is 0 Å². The van der Waals surface area contributed by atoms with Gasteiger partial charge in [0.05, 0.1) is 13.4 Å². The molecule has 9 heavy (non-hydrogen) atoms. The Hall–Kier alpha value is -0.790. The summed E-state index contributed by atoms with van der Waals surface area (Å²) < 4.78 is 6.76. The van der Waals surface area contributed by atoms with Crippen LogP contribution in [0.3, 0.4) is 0 Å². The molecular formula is C7H14NO+. The first-order valence-corrected chi connectivity index (χ1v) is 3.04. The van der Waals surface area contributed by atoms with Crippen molar-refractivity contribution in [2.75, 3.05) is 20.7 Å². The Bertz CT molecular complexity index is 116. The van der Waals surface area contributed by atoms with Crippen LogP contribution >= 0.6 is 0 Å². The molecule has 0 amide bonds. The zero-order chi connectivity index (χ0) is 7.11. The van der Waals surface area contributed by atoms with Crippen LogP contribution in [0.25, 0.3) is 0 Å². The van der Waals surface area contributed by atoms with Gasteiger partial charge in [0.25, 0.3) is 0 Å². The molecule has 0 aliphatic rings. The maximum atomic E-state index is 4.70. The Morgan fingerprint density at radius 3 is 2.67 bits per heavy atom. The summed E-state index contributed by atoms with van der Waals surface area (Å²) in [4.78, 5) is 0. The minimum absolute atomic E-state index is 1.02. The Labute approximate surface area is 56.5 Å². The summed E-state index contributed by atoms with van der Waals surface area (Å²) in [6.45, 7) is 3.12. The number of ether oxygens (including phenoxy) is 1. The third kappa shape index (κ3) is 5.07. The van der Waals surface area contributed by atoms with Gasteiger partial charge in [0.2, 0.25) is 0 Å². The smallest absolute Gasteiger partial charge is 0.166 e. The molecule has 0 spiro atoms. The largest absolute Gasteiger partial charge is 0.504 e. The first-order chi connectivity index (χ1) is 4.31. The van der Waals surface area contributed by atoms with Crippen LogP contribution in [0, 0.1) is 0 Å². The lowest BCUT2D eigenvalue weighted by molar-refractivity contribution is -0.487. The second kappa shape index (κ2) is 5.35. The van der Waals surface area contributed by atoms with Gasteiger partial charge in [0, 0.05) is 6.08 Å². The molecule has 0 unspecified atom stereocenters. The summed E-state index contributed by atoms with van der Waals surface area (Å²) in [5, 5.41) is 0. The lowest BCUT2D eigenvalue weighted by Gasteiger charge is -1.85. The normalized spacial score (nSPS) is 12.6. The van der Waals surface area contributed by atoms with E-state index in [-0.39, 0.29) is 0 Å². The summed E-state index contributed by atoms with van der Waals surface area (Å²) in [7, 11) is 3.65. The molecule has 0 saturated carbocycles. The average molecular weight is 128 g/mol. The van der Waals surface area contributed by atoms with Crippen molar-refractivity contribution in [3.8, 4) is 0 Å². The van der Waals surface area contributed by atoms with E-state index in [1.165, 1.54) is 0 Å². The molecule has 0 atom stereocenters. The van der Waals surface area contributed by atoms with Crippen molar-refractivity contribution in [1.82, 2.24) is 0 Å². The van der Waals surface area contributed by atoms with E-state index < -0.39 is 0 Å². The standard InChI is InChI=1S/C7H14NO/c1-4-8(2)6-5-7-9-3/h5-7H,4H2,1-3H3/q+1/b7-5+,8-6-. The third-order valence-electron chi connectivity index (χ3n) is 1.05. The van der Waals surface area contributed by atoms with Crippen molar-refractivity contribution in [2.24, 2.45) is 0 Å². The number of hydrogen-bond acceptors (Lipinski definition) is 1. The van der Waals surface area contributed by atoms with Crippen LogP contribution in [-0.2, 0) is 4.74 Å². The predicted molar refractivity (Wildman–Crippen MR) is 38.9 cm³/mol. The summed E-state index contributed by atoms with van der Waals surface area (Å²) in [5.74, 6) is 0. The van der Waals surface area contributed by atoms with Crippen molar-refractivity contribution < 1.29 is 9.31 Å². The van der Waals surface area contributed by atoms with Crippen LogP contribution < -0.4 is 0 Å². The maximum Gasteiger partial charge on any atom is 0.166 e. The number of nitrogens with zero attached hydrogens (tertiary/aromatic N) is 1. The van der Waals surface area contributed by atoms with Crippen molar-refractivity contribution in [3.05, 3.63) is 12.3 Å². The number of rotatable bonds is 3. The van der Waals surface area contributed by atoms with Gasteiger partial charge in [-0.1, -0.05) is 0 Å². The van der Waals surface area contributed by atoms with Gasteiger partial charge in [-0.05, 0) is 6.92 Å². The highest BCUT2D eigenvalue weighted by Gasteiger charge is 1.81. The lowest BCUT2D eigenvalue weighted by Crippen LogP contribution is -2.03. The number of hydrogen-bond donors (Lipinski definition) is 0. The van der Waals surface area contributed by atoms with E-state index in [1.54, 1.807) is 13.4 Å². The summed E-state index contributed by atoms with van der Waals surface area (Å²) >= 11 is 0. The molecule has 0 aromatic rings. The summed E-state index contributed by atoms with van der Waals surface area (Å²) in [6, 6.07) is 0. The van der Waals surface area contributed by atoms with E-state index >= 15 is 0 Å². The first-order valence-electron chi connectivity index (χ1n) is 3.04. The molecule has 0 aliphatic heterocycles. The molecule has 0 heterocycles. The number of allylic oxidation sites excluding steroid dienone is 1. The second-order valence-corrected chi connectivity index (χ2v) is 1.79. The SMILES string of the molecule is CC/[N+](C)=C\C=C\OC. The molecule has 0 aliphatic carbocycles. The van der Waals surface area contributed by atoms with Gasteiger partial charge in [0.15, 0.2) is 6.21 Å². The Balaban J connectivity index is 3.55. The van der Waals surface area contributed by atoms with E-state index in [9.17, 15) is 0 Å². The molecule has 2 nitrogen and oxygen atoms in total. The molecule has 2 heteroatoms. The van der Waals surface area contributed by atoms with Crippen LogP contribution in [0.2, 0.25) is 0 Å². The van der Waals surface area contributed by atoms with Crippen molar-refractivity contribution in [2.45, 2.75) is 6.92 Å². The molecule has 0 N–H and O–H groups in total. The topological polar surface area (TPSA) is 12.2 Å². The molecule has 0 fully saturated rings. The highest BCUT2D eigenvalue weighted by Crippen LogP contribution is 1.69. The summed E-state index contributed by atoms with van der Waals surface area (Å²) in [5.41, 5.74) is 0. The lowest BCUT2D eigenvalue weighted by atomic mass is 10.6. The Morgan fingerprint density at radius 1 is 1.56 bits per heavy atom. The van der Waals surface area contributed by atoms with Crippen LogP contribution in [0.1, 0.15) is 6.92 Å². The molecule has 0 aromatic carbocycles. The highest BCUT2D eigenvalue weighted by molar-refractivity contribution is 5.65. The van der Waals surface area contributed by atoms with Gasteiger partial charge in [-0.3, -0.25) is 0 Å². The third-order valence-corrected chi connectivity index (χ3v) is 1.05.